The van der Waals surface area contributed by atoms with Gasteiger partial charge >= 0.3 is 0 Å². The Hall–Kier alpha value is -0.280. The Bertz CT molecular complexity index is 191. The van der Waals surface area contributed by atoms with Gasteiger partial charge in [-0.3, -0.25) is 4.79 Å². The van der Waals surface area contributed by atoms with Gasteiger partial charge in [0.25, 0.3) is 0 Å². The molecule has 0 aromatic heterocycles. The van der Waals surface area contributed by atoms with Crippen LogP contribution in [0.25, 0.3) is 0 Å². The average Bonchev–Trinajstić information content (AvgIpc) is 2.20. The maximum absolute atomic E-state index is 11.5. The molecule has 1 aliphatic carbocycles. The lowest BCUT2D eigenvalue weighted by Gasteiger charge is -2.27. The molecular formula is C10H18ClNO2. The number of nitrogens with one attached hydrogen (secondary N) is 1. The molecule has 0 spiro atoms. The monoisotopic (exact) mass is 219 g/mol. The van der Waals surface area contributed by atoms with Crippen LogP contribution in [0.1, 0.15) is 32.6 Å². The van der Waals surface area contributed by atoms with E-state index in [1.165, 1.54) is 0 Å². The number of aliphatic hydroxyl groups is 1. The van der Waals surface area contributed by atoms with Gasteiger partial charge in [0, 0.05) is 17.8 Å². The topological polar surface area (TPSA) is 49.3 Å². The van der Waals surface area contributed by atoms with Gasteiger partial charge < -0.3 is 10.4 Å². The van der Waals surface area contributed by atoms with E-state index >= 15 is 0 Å². The van der Waals surface area contributed by atoms with E-state index in [-0.39, 0.29) is 24.0 Å². The summed E-state index contributed by atoms with van der Waals surface area (Å²) in [6.45, 7) is 1.82. The highest BCUT2D eigenvalue weighted by Crippen LogP contribution is 2.18. The fraction of sp³-hybridized carbons (Fsp3) is 0.900. The number of halogens is 1. The second-order valence-electron chi connectivity index (χ2n) is 4.07. The number of aliphatic hydroxyl groups excluding tert-OH is 1. The first-order chi connectivity index (χ1) is 6.63. The smallest absolute Gasteiger partial charge is 0.224 e. The second kappa shape index (κ2) is 5.56. The first kappa shape index (κ1) is 11.8. The van der Waals surface area contributed by atoms with Crippen LogP contribution in [0.3, 0.4) is 0 Å². The van der Waals surface area contributed by atoms with Crippen molar-refractivity contribution in [3.63, 3.8) is 0 Å². The van der Waals surface area contributed by atoms with Crippen LogP contribution in [0, 0.1) is 5.92 Å². The summed E-state index contributed by atoms with van der Waals surface area (Å²) in [6, 6.07) is 0.233. The van der Waals surface area contributed by atoms with Crippen molar-refractivity contribution < 1.29 is 9.90 Å². The molecule has 3 nitrogen and oxygen atoms in total. The Labute approximate surface area is 89.8 Å². The lowest BCUT2D eigenvalue weighted by molar-refractivity contribution is -0.125. The number of carbonyl (C=O) groups is 1. The van der Waals surface area contributed by atoms with Gasteiger partial charge in [-0.25, -0.2) is 0 Å². The molecule has 1 unspecified atom stereocenters. The zero-order chi connectivity index (χ0) is 10.6. The molecule has 0 aliphatic heterocycles. The number of amides is 1. The molecule has 1 saturated carbocycles. The Kier molecular flexibility index (Phi) is 4.69. The molecule has 0 saturated heterocycles. The van der Waals surface area contributed by atoms with E-state index in [2.05, 4.69) is 5.32 Å². The van der Waals surface area contributed by atoms with Crippen LogP contribution in [0.5, 0.6) is 0 Å². The highest BCUT2D eigenvalue weighted by Gasteiger charge is 2.22. The Morgan fingerprint density at radius 3 is 2.57 bits per heavy atom. The predicted octanol–water partition coefficient (Wildman–Crippen LogP) is 1.28. The molecule has 0 bridgehead atoms. The highest BCUT2D eigenvalue weighted by atomic mass is 35.5. The summed E-state index contributed by atoms with van der Waals surface area (Å²) in [7, 11) is 0. The molecule has 1 atom stereocenters. The summed E-state index contributed by atoms with van der Waals surface area (Å²) in [4.78, 5) is 11.5. The molecule has 2 N–H and O–H groups in total. The Morgan fingerprint density at radius 2 is 2.07 bits per heavy atom. The van der Waals surface area contributed by atoms with Crippen LogP contribution in [0.4, 0.5) is 0 Å². The molecule has 0 aromatic carbocycles. The average molecular weight is 220 g/mol. The predicted molar refractivity (Wildman–Crippen MR) is 56.3 cm³/mol. The minimum absolute atomic E-state index is 0.0291. The summed E-state index contributed by atoms with van der Waals surface area (Å²) >= 11 is 5.59. The first-order valence-electron chi connectivity index (χ1n) is 5.18. The molecule has 1 rings (SSSR count). The van der Waals surface area contributed by atoms with Gasteiger partial charge in [0.15, 0.2) is 0 Å². The van der Waals surface area contributed by atoms with Crippen molar-refractivity contribution in [2.24, 2.45) is 5.92 Å². The minimum Gasteiger partial charge on any atom is -0.393 e. The molecule has 0 aromatic rings. The van der Waals surface area contributed by atoms with E-state index < -0.39 is 0 Å². The summed E-state index contributed by atoms with van der Waals surface area (Å²) in [5, 5.41) is 12.2. The molecule has 1 amide bonds. The van der Waals surface area contributed by atoms with Crippen molar-refractivity contribution in [2.45, 2.75) is 44.8 Å². The van der Waals surface area contributed by atoms with E-state index in [1.807, 2.05) is 6.92 Å². The summed E-state index contributed by atoms with van der Waals surface area (Å²) in [5.41, 5.74) is 0. The fourth-order valence-corrected chi connectivity index (χ4v) is 1.77. The van der Waals surface area contributed by atoms with E-state index in [9.17, 15) is 9.90 Å². The van der Waals surface area contributed by atoms with Crippen molar-refractivity contribution in [3.8, 4) is 0 Å². The normalized spacial score (nSPS) is 29.6. The van der Waals surface area contributed by atoms with Crippen LogP contribution in [0.2, 0.25) is 0 Å². The summed E-state index contributed by atoms with van der Waals surface area (Å²) < 4.78 is 0. The molecule has 82 valence electrons. The molecular weight excluding hydrogens is 202 g/mol. The van der Waals surface area contributed by atoms with E-state index in [0.717, 1.165) is 25.7 Å². The third kappa shape index (κ3) is 3.46. The largest absolute Gasteiger partial charge is 0.393 e. The SMILES string of the molecule is CC(CCl)C(=O)NC1CCC(O)CC1. The van der Waals surface area contributed by atoms with Crippen LogP contribution in [-0.2, 0) is 4.79 Å². The van der Waals surface area contributed by atoms with Crippen LogP contribution in [0.15, 0.2) is 0 Å². The van der Waals surface area contributed by atoms with Gasteiger partial charge in [-0.15, -0.1) is 11.6 Å². The molecule has 1 aliphatic rings. The van der Waals surface area contributed by atoms with Crippen molar-refractivity contribution in [3.05, 3.63) is 0 Å². The zero-order valence-corrected chi connectivity index (χ0v) is 9.26. The number of alkyl halides is 1. The molecule has 4 heteroatoms. The van der Waals surface area contributed by atoms with E-state index in [4.69, 9.17) is 11.6 Å². The third-order valence-electron chi connectivity index (χ3n) is 2.72. The molecule has 14 heavy (non-hydrogen) atoms. The maximum Gasteiger partial charge on any atom is 0.224 e. The number of hydrogen-bond donors (Lipinski definition) is 2. The summed E-state index contributed by atoms with van der Waals surface area (Å²) in [6.07, 6.45) is 3.16. The van der Waals surface area contributed by atoms with Crippen molar-refractivity contribution >= 4 is 17.5 Å². The van der Waals surface area contributed by atoms with E-state index in [1.54, 1.807) is 0 Å². The van der Waals surface area contributed by atoms with Gasteiger partial charge in [-0.1, -0.05) is 6.92 Å². The van der Waals surface area contributed by atoms with Gasteiger partial charge in [0.2, 0.25) is 5.91 Å². The second-order valence-corrected chi connectivity index (χ2v) is 4.38. The molecule has 0 heterocycles. The van der Waals surface area contributed by atoms with Gasteiger partial charge in [0.05, 0.1) is 6.10 Å². The lowest BCUT2D eigenvalue weighted by atomic mass is 9.93. The molecule has 0 radical (unpaired) electrons. The first-order valence-corrected chi connectivity index (χ1v) is 5.71. The van der Waals surface area contributed by atoms with Crippen LogP contribution >= 0.6 is 11.6 Å². The lowest BCUT2D eigenvalue weighted by Crippen LogP contribution is -2.41. The third-order valence-corrected chi connectivity index (χ3v) is 3.19. The standard InChI is InChI=1S/C10H18ClNO2/c1-7(6-11)10(14)12-8-2-4-9(13)5-3-8/h7-9,13H,2-6H2,1H3,(H,12,14). The van der Waals surface area contributed by atoms with Gasteiger partial charge in [0.1, 0.15) is 0 Å². The van der Waals surface area contributed by atoms with Crippen LogP contribution in [-0.4, -0.2) is 29.0 Å². The van der Waals surface area contributed by atoms with E-state index in [0.29, 0.717) is 5.88 Å². The maximum atomic E-state index is 11.5. The summed E-state index contributed by atoms with van der Waals surface area (Å²) in [5.74, 6) is 0.270. The van der Waals surface area contributed by atoms with Gasteiger partial charge in [-0.2, -0.15) is 0 Å². The quantitative estimate of drug-likeness (QED) is 0.703. The number of hydrogen-bond acceptors (Lipinski definition) is 2. The fourth-order valence-electron chi connectivity index (χ4n) is 1.63. The van der Waals surface area contributed by atoms with Crippen molar-refractivity contribution in [1.29, 1.82) is 0 Å². The Morgan fingerprint density at radius 1 is 1.50 bits per heavy atom. The highest BCUT2D eigenvalue weighted by molar-refractivity contribution is 6.19. The number of rotatable bonds is 3. The van der Waals surface area contributed by atoms with Crippen molar-refractivity contribution in [2.75, 3.05) is 5.88 Å². The van der Waals surface area contributed by atoms with Crippen molar-refractivity contribution in [1.82, 2.24) is 5.32 Å². The Balaban J connectivity index is 2.27. The number of carbonyl (C=O) groups excluding carboxylic acids is 1. The minimum atomic E-state index is -0.173. The zero-order valence-electron chi connectivity index (χ0n) is 8.50. The van der Waals surface area contributed by atoms with Crippen LogP contribution < -0.4 is 5.32 Å². The van der Waals surface area contributed by atoms with Gasteiger partial charge in [-0.05, 0) is 25.7 Å². The molecule has 1 fully saturated rings.